The molecule has 0 spiro atoms. The van der Waals surface area contributed by atoms with E-state index in [2.05, 4.69) is 25.6 Å². The Hall–Kier alpha value is -2.95. The minimum Gasteiger partial charge on any atom is -0.495 e. The molecule has 0 atom stereocenters. The van der Waals surface area contributed by atoms with Gasteiger partial charge in [0, 0.05) is 5.69 Å². The molecule has 0 unspecified atom stereocenters. The highest BCUT2D eigenvalue weighted by Crippen LogP contribution is 2.25. The number of methoxy groups -OCH3 is 1. The van der Waals surface area contributed by atoms with Gasteiger partial charge in [0.2, 0.25) is 0 Å². The molecular formula is C19H18ClN5O3S2. The molecule has 1 heterocycles. The van der Waals surface area contributed by atoms with Gasteiger partial charge < -0.3 is 15.4 Å². The molecule has 0 fully saturated rings. The van der Waals surface area contributed by atoms with Crippen molar-refractivity contribution in [1.29, 1.82) is 0 Å². The van der Waals surface area contributed by atoms with Gasteiger partial charge in [0.15, 0.2) is 16.1 Å². The SMILES string of the molecule is COc1ccc(C)cc1NC(=S)Nc1ccc(S(=O)(=O)Nc2ccc(Cl)nn2)cc1. The quantitative estimate of drug-likeness (QED) is 0.470. The van der Waals surface area contributed by atoms with Gasteiger partial charge in [0.05, 0.1) is 17.7 Å². The average Bonchev–Trinajstić information content (AvgIpc) is 2.70. The molecule has 2 aromatic carbocycles. The fourth-order valence-corrected chi connectivity index (χ4v) is 3.81. The number of nitrogens with one attached hydrogen (secondary N) is 3. The molecule has 0 aliphatic rings. The average molecular weight is 464 g/mol. The highest BCUT2D eigenvalue weighted by atomic mass is 35.5. The van der Waals surface area contributed by atoms with Gasteiger partial charge in [-0.1, -0.05) is 17.7 Å². The van der Waals surface area contributed by atoms with Crippen LogP contribution in [-0.2, 0) is 10.0 Å². The zero-order chi connectivity index (χ0) is 21.7. The maximum Gasteiger partial charge on any atom is 0.263 e. The monoisotopic (exact) mass is 463 g/mol. The molecule has 3 rings (SSSR count). The number of halogens is 1. The van der Waals surface area contributed by atoms with Crippen LogP contribution < -0.4 is 20.1 Å². The first kappa shape index (κ1) is 21.8. The summed E-state index contributed by atoms with van der Waals surface area (Å²) in [5, 5.41) is 13.9. The summed E-state index contributed by atoms with van der Waals surface area (Å²) in [4.78, 5) is 0.0593. The number of aromatic nitrogens is 2. The van der Waals surface area contributed by atoms with E-state index in [1.54, 1.807) is 19.2 Å². The van der Waals surface area contributed by atoms with Crippen LogP contribution in [0, 0.1) is 6.92 Å². The van der Waals surface area contributed by atoms with E-state index in [-0.39, 0.29) is 15.9 Å². The minimum absolute atomic E-state index is 0.0593. The Morgan fingerprint density at radius 3 is 2.40 bits per heavy atom. The molecule has 0 saturated heterocycles. The first-order chi connectivity index (χ1) is 14.3. The van der Waals surface area contributed by atoms with Gasteiger partial charge in [-0.05, 0) is 73.2 Å². The first-order valence-corrected chi connectivity index (χ1v) is 10.9. The number of benzene rings is 2. The lowest BCUT2D eigenvalue weighted by molar-refractivity contribution is 0.417. The molecular weight excluding hydrogens is 446 g/mol. The van der Waals surface area contributed by atoms with Gasteiger partial charge in [-0.2, -0.15) is 0 Å². The number of hydrogen-bond donors (Lipinski definition) is 3. The lowest BCUT2D eigenvalue weighted by Crippen LogP contribution is -2.19. The summed E-state index contributed by atoms with van der Waals surface area (Å²) in [6.45, 7) is 1.96. The molecule has 0 radical (unpaired) electrons. The van der Waals surface area contributed by atoms with Gasteiger partial charge in [0.1, 0.15) is 5.75 Å². The van der Waals surface area contributed by atoms with E-state index >= 15 is 0 Å². The summed E-state index contributed by atoms with van der Waals surface area (Å²) in [5.41, 5.74) is 2.39. The number of thiocarbonyl (C=S) groups is 1. The maximum atomic E-state index is 12.5. The maximum absolute atomic E-state index is 12.5. The topological polar surface area (TPSA) is 105 Å². The summed E-state index contributed by atoms with van der Waals surface area (Å²) in [5.74, 6) is 0.724. The van der Waals surface area contributed by atoms with E-state index in [0.717, 1.165) is 11.3 Å². The number of aryl methyl sites for hydroxylation is 1. The molecule has 1 aromatic heterocycles. The predicted octanol–water partition coefficient (Wildman–Crippen LogP) is 4.06. The van der Waals surface area contributed by atoms with Crippen molar-refractivity contribution in [3.63, 3.8) is 0 Å². The summed E-state index contributed by atoms with van der Waals surface area (Å²) >= 11 is 11.0. The normalized spacial score (nSPS) is 10.9. The van der Waals surface area contributed by atoms with Crippen molar-refractivity contribution >= 4 is 56.1 Å². The number of nitrogens with zero attached hydrogens (tertiary/aromatic N) is 2. The molecule has 3 aromatic rings. The molecule has 30 heavy (non-hydrogen) atoms. The second-order valence-electron chi connectivity index (χ2n) is 6.15. The predicted molar refractivity (Wildman–Crippen MR) is 122 cm³/mol. The van der Waals surface area contributed by atoms with E-state index in [4.69, 9.17) is 28.6 Å². The standard InChI is InChI=1S/C19H18ClN5O3S2/c1-12-3-8-16(28-2)15(11-12)22-19(29)21-13-4-6-14(7-5-13)30(26,27)25-18-10-9-17(20)23-24-18/h3-11H,1-2H3,(H,24,25)(H2,21,22,29). The Labute approximate surface area is 184 Å². The van der Waals surface area contributed by atoms with Crippen molar-refractivity contribution in [2.45, 2.75) is 11.8 Å². The minimum atomic E-state index is -3.82. The fourth-order valence-electron chi connectivity index (χ4n) is 2.49. The summed E-state index contributed by atoms with van der Waals surface area (Å²) < 4.78 is 32.6. The summed E-state index contributed by atoms with van der Waals surface area (Å²) in [6.07, 6.45) is 0. The van der Waals surface area contributed by atoms with Crippen molar-refractivity contribution < 1.29 is 13.2 Å². The second kappa shape index (κ2) is 9.24. The van der Waals surface area contributed by atoms with Crippen LogP contribution in [0.25, 0.3) is 0 Å². The van der Waals surface area contributed by atoms with Gasteiger partial charge in [-0.25, -0.2) is 8.42 Å². The molecule has 0 saturated carbocycles. The Bertz CT molecular complexity index is 1150. The lowest BCUT2D eigenvalue weighted by atomic mass is 10.2. The van der Waals surface area contributed by atoms with Gasteiger partial charge >= 0.3 is 0 Å². The van der Waals surface area contributed by atoms with Crippen LogP contribution in [0.2, 0.25) is 5.15 Å². The summed E-state index contributed by atoms with van der Waals surface area (Å²) in [6, 6.07) is 14.7. The van der Waals surface area contributed by atoms with Crippen LogP contribution >= 0.6 is 23.8 Å². The zero-order valence-electron chi connectivity index (χ0n) is 16.0. The van der Waals surface area contributed by atoms with Gasteiger partial charge in [-0.3, -0.25) is 4.72 Å². The van der Waals surface area contributed by atoms with Crippen molar-refractivity contribution in [3.05, 3.63) is 65.3 Å². The van der Waals surface area contributed by atoms with Crippen molar-refractivity contribution in [3.8, 4) is 5.75 Å². The van der Waals surface area contributed by atoms with E-state index in [1.807, 2.05) is 25.1 Å². The van der Waals surface area contributed by atoms with E-state index in [9.17, 15) is 8.42 Å². The number of anilines is 3. The highest BCUT2D eigenvalue weighted by molar-refractivity contribution is 7.92. The molecule has 11 heteroatoms. The van der Waals surface area contributed by atoms with Crippen molar-refractivity contribution in [1.82, 2.24) is 10.2 Å². The Kier molecular flexibility index (Phi) is 6.70. The van der Waals surface area contributed by atoms with E-state index in [0.29, 0.717) is 16.5 Å². The van der Waals surface area contributed by atoms with E-state index < -0.39 is 10.0 Å². The van der Waals surface area contributed by atoms with Crippen LogP contribution in [0.15, 0.2) is 59.5 Å². The number of hydrogen-bond acceptors (Lipinski definition) is 6. The van der Waals surface area contributed by atoms with Crippen LogP contribution in [0.5, 0.6) is 5.75 Å². The van der Waals surface area contributed by atoms with Gasteiger partial charge in [-0.15, -0.1) is 10.2 Å². The first-order valence-electron chi connectivity index (χ1n) is 8.61. The lowest BCUT2D eigenvalue weighted by Gasteiger charge is -2.14. The van der Waals surface area contributed by atoms with Crippen LogP contribution in [0.1, 0.15) is 5.56 Å². The van der Waals surface area contributed by atoms with Crippen molar-refractivity contribution in [2.75, 3.05) is 22.5 Å². The van der Waals surface area contributed by atoms with Crippen LogP contribution in [0.3, 0.4) is 0 Å². The third-order valence-electron chi connectivity index (χ3n) is 3.90. The second-order valence-corrected chi connectivity index (χ2v) is 8.63. The third kappa shape index (κ3) is 5.56. The van der Waals surface area contributed by atoms with Crippen molar-refractivity contribution in [2.24, 2.45) is 0 Å². The number of rotatable bonds is 6. The molecule has 3 N–H and O–H groups in total. The zero-order valence-corrected chi connectivity index (χ0v) is 18.4. The Morgan fingerprint density at radius 1 is 1.03 bits per heavy atom. The smallest absolute Gasteiger partial charge is 0.263 e. The van der Waals surface area contributed by atoms with E-state index in [1.165, 1.54) is 24.3 Å². The largest absolute Gasteiger partial charge is 0.495 e. The summed E-state index contributed by atoms with van der Waals surface area (Å²) in [7, 11) is -2.24. The third-order valence-corrected chi connectivity index (χ3v) is 5.67. The fraction of sp³-hybridized carbons (Fsp3) is 0.105. The molecule has 0 bridgehead atoms. The van der Waals surface area contributed by atoms with Crippen LogP contribution in [0.4, 0.5) is 17.2 Å². The van der Waals surface area contributed by atoms with Crippen LogP contribution in [-0.4, -0.2) is 30.8 Å². The molecule has 0 amide bonds. The molecule has 8 nitrogen and oxygen atoms in total. The molecule has 0 aliphatic heterocycles. The van der Waals surface area contributed by atoms with Gasteiger partial charge in [0.25, 0.3) is 10.0 Å². The number of ether oxygens (including phenoxy) is 1. The molecule has 156 valence electrons. The Balaban J connectivity index is 1.67. The highest BCUT2D eigenvalue weighted by Gasteiger charge is 2.15. The Morgan fingerprint density at radius 2 is 1.77 bits per heavy atom. The molecule has 0 aliphatic carbocycles. The number of sulfonamides is 1.